The maximum Gasteiger partial charge on any atom is 0.340 e. The molecule has 0 fully saturated rings. The molecule has 2 rings (SSSR count). The summed E-state index contributed by atoms with van der Waals surface area (Å²) in [7, 11) is -2.49. The Morgan fingerprint density at radius 2 is 1.77 bits per heavy atom. The van der Waals surface area contributed by atoms with Crippen molar-refractivity contribution in [3.63, 3.8) is 0 Å². The van der Waals surface area contributed by atoms with E-state index in [9.17, 15) is 18.0 Å². The minimum Gasteiger partial charge on any atom is -0.452 e. The van der Waals surface area contributed by atoms with Gasteiger partial charge in [0.25, 0.3) is 5.91 Å². The van der Waals surface area contributed by atoms with Gasteiger partial charge >= 0.3 is 5.97 Å². The SMILES string of the molecule is CNS(=O)(=O)c1ccc(Cl)c(C(=O)OCC(=O)Nc2ccc(C)cc2)c1. The molecule has 0 aliphatic rings. The van der Waals surface area contributed by atoms with Gasteiger partial charge in [0.2, 0.25) is 10.0 Å². The molecule has 0 aliphatic carbocycles. The highest BCUT2D eigenvalue weighted by atomic mass is 35.5. The number of sulfonamides is 1. The second kappa shape index (κ2) is 8.31. The van der Waals surface area contributed by atoms with Gasteiger partial charge in [-0.25, -0.2) is 17.9 Å². The van der Waals surface area contributed by atoms with E-state index in [-0.39, 0.29) is 15.5 Å². The Balaban J connectivity index is 2.04. The highest BCUT2D eigenvalue weighted by Gasteiger charge is 2.19. The summed E-state index contributed by atoms with van der Waals surface area (Å²) < 4.78 is 30.7. The molecule has 138 valence electrons. The van der Waals surface area contributed by atoms with E-state index in [0.29, 0.717) is 5.69 Å². The first-order chi connectivity index (χ1) is 12.2. The van der Waals surface area contributed by atoms with Gasteiger partial charge in [-0.15, -0.1) is 0 Å². The lowest BCUT2D eigenvalue weighted by atomic mass is 10.2. The molecule has 0 heterocycles. The molecule has 0 saturated heterocycles. The van der Waals surface area contributed by atoms with E-state index < -0.39 is 28.5 Å². The first-order valence-electron chi connectivity index (χ1n) is 7.49. The second-order valence-electron chi connectivity index (χ2n) is 5.34. The summed E-state index contributed by atoms with van der Waals surface area (Å²) in [6.07, 6.45) is 0. The van der Waals surface area contributed by atoms with Gasteiger partial charge in [0.1, 0.15) is 0 Å². The number of nitrogens with one attached hydrogen (secondary N) is 2. The fourth-order valence-electron chi connectivity index (χ4n) is 1.99. The Morgan fingerprint density at radius 1 is 1.12 bits per heavy atom. The molecule has 0 aromatic heterocycles. The topological polar surface area (TPSA) is 102 Å². The molecule has 0 unspecified atom stereocenters. The Morgan fingerprint density at radius 3 is 2.38 bits per heavy atom. The number of halogens is 1. The maximum atomic E-state index is 12.1. The molecule has 2 aromatic carbocycles. The molecule has 0 saturated carbocycles. The molecule has 0 bridgehead atoms. The number of hydrogen-bond donors (Lipinski definition) is 2. The van der Waals surface area contributed by atoms with E-state index >= 15 is 0 Å². The van der Waals surface area contributed by atoms with Crippen LogP contribution >= 0.6 is 11.6 Å². The molecule has 0 aliphatic heterocycles. The number of ether oxygens (including phenoxy) is 1. The molecule has 1 amide bonds. The molecule has 7 nitrogen and oxygen atoms in total. The van der Waals surface area contributed by atoms with Gasteiger partial charge < -0.3 is 10.1 Å². The average molecular weight is 397 g/mol. The molecule has 9 heteroatoms. The molecule has 26 heavy (non-hydrogen) atoms. The smallest absolute Gasteiger partial charge is 0.340 e. The number of carbonyl (C=O) groups excluding carboxylic acids is 2. The first kappa shape index (κ1) is 19.9. The Bertz CT molecular complexity index is 927. The van der Waals surface area contributed by atoms with Gasteiger partial charge in [-0.3, -0.25) is 4.79 Å². The summed E-state index contributed by atoms with van der Waals surface area (Å²) in [6, 6.07) is 10.7. The minimum absolute atomic E-state index is 0.0176. The van der Waals surface area contributed by atoms with Crippen molar-refractivity contribution in [2.24, 2.45) is 0 Å². The van der Waals surface area contributed by atoms with Crippen LogP contribution in [0, 0.1) is 6.92 Å². The van der Waals surface area contributed by atoms with Crippen LogP contribution in [-0.4, -0.2) is 33.9 Å². The number of rotatable bonds is 6. The van der Waals surface area contributed by atoms with Crippen molar-refractivity contribution >= 4 is 39.2 Å². The number of anilines is 1. The van der Waals surface area contributed by atoms with Crippen molar-refractivity contribution in [1.29, 1.82) is 0 Å². The lowest BCUT2D eigenvalue weighted by Crippen LogP contribution is -2.22. The predicted octanol–water partition coefficient (Wildman–Crippen LogP) is 2.35. The van der Waals surface area contributed by atoms with Crippen molar-refractivity contribution < 1.29 is 22.7 Å². The van der Waals surface area contributed by atoms with Gasteiger partial charge in [-0.2, -0.15) is 0 Å². The normalized spacial score (nSPS) is 11.0. The van der Waals surface area contributed by atoms with Crippen LogP contribution in [0.3, 0.4) is 0 Å². The zero-order valence-electron chi connectivity index (χ0n) is 14.1. The van der Waals surface area contributed by atoms with Crippen molar-refractivity contribution in [1.82, 2.24) is 4.72 Å². The van der Waals surface area contributed by atoms with Crippen LogP contribution in [0.1, 0.15) is 15.9 Å². The van der Waals surface area contributed by atoms with Gasteiger partial charge in [-0.1, -0.05) is 29.3 Å². The van der Waals surface area contributed by atoms with E-state index in [2.05, 4.69) is 10.0 Å². The second-order valence-corrected chi connectivity index (χ2v) is 7.63. The number of hydrogen-bond acceptors (Lipinski definition) is 5. The summed E-state index contributed by atoms with van der Waals surface area (Å²) >= 11 is 5.93. The summed E-state index contributed by atoms with van der Waals surface area (Å²) in [4.78, 5) is 23.9. The summed E-state index contributed by atoms with van der Waals surface area (Å²) in [6.45, 7) is 1.38. The summed E-state index contributed by atoms with van der Waals surface area (Å²) in [5, 5.41) is 2.60. The van der Waals surface area contributed by atoms with Gasteiger partial charge in [-0.05, 0) is 44.3 Å². The van der Waals surface area contributed by atoms with Crippen molar-refractivity contribution in [3.8, 4) is 0 Å². The first-order valence-corrected chi connectivity index (χ1v) is 9.36. The van der Waals surface area contributed by atoms with E-state index in [1.165, 1.54) is 19.2 Å². The number of benzene rings is 2. The molecule has 0 spiro atoms. The van der Waals surface area contributed by atoms with Crippen LogP contribution < -0.4 is 10.0 Å². The van der Waals surface area contributed by atoms with Crippen LogP contribution in [0.2, 0.25) is 5.02 Å². The Kier molecular flexibility index (Phi) is 6.36. The van der Waals surface area contributed by atoms with Crippen molar-refractivity contribution in [2.45, 2.75) is 11.8 Å². The van der Waals surface area contributed by atoms with Crippen LogP contribution in [0.25, 0.3) is 0 Å². The lowest BCUT2D eigenvalue weighted by Gasteiger charge is -2.09. The van der Waals surface area contributed by atoms with Gasteiger partial charge in [0.15, 0.2) is 6.61 Å². The molecule has 0 atom stereocenters. The summed E-state index contributed by atoms with van der Waals surface area (Å²) in [5.41, 5.74) is 1.46. The fraction of sp³-hybridized carbons (Fsp3) is 0.176. The fourth-order valence-corrected chi connectivity index (χ4v) is 2.94. The van der Waals surface area contributed by atoms with Gasteiger partial charge in [0, 0.05) is 5.69 Å². The molecule has 2 aromatic rings. The van der Waals surface area contributed by atoms with Crippen molar-refractivity contribution in [3.05, 3.63) is 58.6 Å². The zero-order chi connectivity index (χ0) is 19.3. The Labute approximate surface area is 156 Å². The Hall–Kier alpha value is -2.42. The van der Waals surface area contributed by atoms with Crippen LogP contribution in [0.15, 0.2) is 47.4 Å². The zero-order valence-corrected chi connectivity index (χ0v) is 15.6. The summed E-state index contributed by atoms with van der Waals surface area (Å²) in [5.74, 6) is -1.43. The highest BCUT2D eigenvalue weighted by molar-refractivity contribution is 7.89. The molecule has 2 N–H and O–H groups in total. The third-order valence-corrected chi connectivity index (χ3v) is 5.15. The van der Waals surface area contributed by atoms with E-state index in [1.807, 2.05) is 19.1 Å². The maximum absolute atomic E-state index is 12.1. The third-order valence-electron chi connectivity index (χ3n) is 3.41. The van der Waals surface area contributed by atoms with E-state index in [0.717, 1.165) is 11.6 Å². The van der Waals surface area contributed by atoms with Gasteiger partial charge in [0.05, 0.1) is 15.5 Å². The van der Waals surface area contributed by atoms with Crippen LogP contribution in [0.5, 0.6) is 0 Å². The van der Waals surface area contributed by atoms with Crippen LogP contribution in [-0.2, 0) is 19.6 Å². The average Bonchev–Trinajstić information content (AvgIpc) is 2.62. The van der Waals surface area contributed by atoms with E-state index in [4.69, 9.17) is 16.3 Å². The quantitative estimate of drug-likeness (QED) is 0.730. The number of aryl methyl sites for hydroxylation is 1. The molecular weight excluding hydrogens is 380 g/mol. The van der Waals surface area contributed by atoms with Crippen LogP contribution in [0.4, 0.5) is 5.69 Å². The van der Waals surface area contributed by atoms with E-state index in [1.54, 1.807) is 12.1 Å². The molecular formula is C17H17ClN2O5S. The monoisotopic (exact) mass is 396 g/mol. The minimum atomic E-state index is -3.74. The molecule has 0 radical (unpaired) electrons. The third kappa shape index (κ3) is 5.04. The number of carbonyl (C=O) groups is 2. The number of amides is 1. The number of esters is 1. The largest absolute Gasteiger partial charge is 0.452 e. The standard InChI is InChI=1S/C17H17ClN2O5S/c1-11-3-5-12(6-4-11)20-16(21)10-25-17(22)14-9-13(7-8-15(14)18)26(23,24)19-2/h3-9,19H,10H2,1-2H3,(H,20,21). The lowest BCUT2D eigenvalue weighted by molar-refractivity contribution is -0.119. The van der Waals surface area contributed by atoms with Crippen molar-refractivity contribution in [2.75, 3.05) is 19.0 Å². The highest BCUT2D eigenvalue weighted by Crippen LogP contribution is 2.21. The predicted molar refractivity (Wildman–Crippen MR) is 97.8 cm³/mol.